The molecule has 0 saturated carbocycles. The molecular formula is C28H30Cl2N4O5. The van der Waals surface area contributed by atoms with E-state index >= 15 is 0 Å². The van der Waals surface area contributed by atoms with Gasteiger partial charge in [0.25, 0.3) is 5.91 Å². The number of pyridine rings is 1. The maximum absolute atomic E-state index is 14.0. The molecule has 2 N–H and O–H groups in total. The Balaban J connectivity index is 0.00000210. The molecule has 4 aromatic rings. The summed E-state index contributed by atoms with van der Waals surface area (Å²) in [5.41, 5.74) is 4.02. The summed E-state index contributed by atoms with van der Waals surface area (Å²) in [5, 5.41) is 12.4. The number of aliphatic carboxylic acids is 1. The number of aromatic nitrogens is 2. The number of aryl methyl sites for hydroxylation is 2. The quantitative estimate of drug-likeness (QED) is 0.328. The van der Waals surface area contributed by atoms with E-state index in [1.807, 2.05) is 66.9 Å². The number of carboxylic acid groups (broad SMARTS) is 1. The molecule has 0 aliphatic carbocycles. The Morgan fingerprint density at radius 2 is 1.67 bits per heavy atom. The number of amides is 1. The molecule has 1 aliphatic heterocycles. The summed E-state index contributed by atoms with van der Waals surface area (Å²) in [7, 11) is 0. The molecule has 2 aromatic carbocycles. The lowest BCUT2D eigenvalue weighted by molar-refractivity contribution is -0.139. The fourth-order valence-electron chi connectivity index (χ4n) is 4.55. The number of para-hydroxylation sites is 2. The van der Waals surface area contributed by atoms with Gasteiger partial charge < -0.3 is 24.8 Å². The van der Waals surface area contributed by atoms with Gasteiger partial charge in [0.05, 0.1) is 11.7 Å². The van der Waals surface area contributed by atoms with Gasteiger partial charge in [0.1, 0.15) is 22.6 Å². The molecule has 11 heteroatoms. The lowest BCUT2D eigenvalue weighted by atomic mass is 10.1. The predicted molar refractivity (Wildman–Crippen MR) is 153 cm³/mol. The highest BCUT2D eigenvalue weighted by Crippen LogP contribution is 2.40. The second-order valence-corrected chi connectivity index (χ2v) is 8.94. The van der Waals surface area contributed by atoms with Crippen molar-refractivity contribution in [2.75, 3.05) is 32.8 Å². The number of ether oxygens (including phenoxy) is 2. The van der Waals surface area contributed by atoms with E-state index < -0.39 is 12.6 Å². The van der Waals surface area contributed by atoms with Gasteiger partial charge in [0.2, 0.25) is 5.88 Å². The first-order chi connectivity index (χ1) is 17.9. The Morgan fingerprint density at radius 1 is 1.00 bits per heavy atom. The Labute approximate surface area is 238 Å². The average molecular weight is 573 g/mol. The molecule has 1 fully saturated rings. The van der Waals surface area contributed by atoms with Crippen molar-refractivity contribution < 1.29 is 24.2 Å². The molecule has 0 radical (unpaired) electrons. The lowest BCUT2D eigenvalue weighted by Crippen LogP contribution is -2.46. The smallest absolute Gasteiger partial charge is 0.341 e. The van der Waals surface area contributed by atoms with Crippen LogP contribution in [0.1, 0.15) is 21.5 Å². The molecule has 1 amide bonds. The molecule has 2 aromatic heterocycles. The van der Waals surface area contributed by atoms with Crippen molar-refractivity contribution in [3.63, 3.8) is 0 Å². The number of hydrogen-bond acceptors (Lipinski definition) is 6. The molecule has 206 valence electrons. The molecule has 5 rings (SSSR count). The molecule has 1 aliphatic rings. The second kappa shape index (κ2) is 12.8. The Kier molecular flexibility index (Phi) is 9.80. The van der Waals surface area contributed by atoms with Gasteiger partial charge in [-0.05, 0) is 37.1 Å². The van der Waals surface area contributed by atoms with Crippen LogP contribution in [0, 0.1) is 13.8 Å². The zero-order valence-corrected chi connectivity index (χ0v) is 23.2. The van der Waals surface area contributed by atoms with Crippen LogP contribution in [0.25, 0.3) is 16.7 Å². The summed E-state index contributed by atoms with van der Waals surface area (Å²) in [4.78, 5) is 31.5. The van der Waals surface area contributed by atoms with Crippen LogP contribution < -0.4 is 14.8 Å². The molecule has 0 bridgehead atoms. The van der Waals surface area contributed by atoms with E-state index in [1.54, 1.807) is 11.0 Å². The maximum Gasteiger partial charge on any atom is 0.341 e. The molecule has 0 spiro atoms. The first kappa shape index (κ1) is 29.8. The van der Waals surface area contributed by atoms with E-state index in [9.17, 15) is 9.59 Å². The third kappa shape index (κ3) is 6.11. The fraction of sp³-hybridized carbons (Fsp3) is 0.250. The van der Waals surface area contributed by atoms with Gasteiger partial charge in [0, 0.05) is 37.9 Å². The number of nitrogens with one attached hydrogen (secondary N) is 1. The van der Waals surface area contributed by atoms with Gasteiger partial charge >= 0.3 is 5.97 Å². The first-order valence-corrected chi connectivity index (χ1v) is 12.1. The minimum atomic E-state index is -1.09. The van der Waals surface area contributed by atoms with E-state index in [1.165, 1.54) is 6.20 Å². The average Bonchev–Trinajstić information content (AvgIpc) is 3.23. The molecule has 0 unspecified atom stereocenters. The van der Waals surface area contributed by atoms with Crippen LogP contribution in [-0.4, -0.2) is 64.2 Å². The van der Waals surface area contributed by atoms with Crippen LogP contribution in [0.15, 0.2) is 60.8 Å². The van der Waals surface area contributed by atoms with Gasteiger partial charge in [0.15, 0.2) is 6.61 Å². The van der Waals surface area contributed by atoms with Crippen LogP contribution in [0.5, 0.6) is 17.4 Å². The SMILES string of the molecule is Cc1cccc(C)c1Oc1c(C(=O)N2CCNCC2)c2ncc(OCC(=O)O)cc2n1-c1ccccc1.Cl.Cl. The Hall–Kier alpha value is -3.79. The summed E-state index contributed by atoms with van der Waals surface area (Å²) >= 11 is 0. The number of halogens is 2. The third-order valence-electron chi connectivity index (χ3n) is 6.34. The Morgan fingerprint density at radius 3 is 2.31 bits per heavy atom. The summed E-state index contributed by atoms with van der Waals surface area (Å²) < 4.78 is 13.9. The van der Waals surface area contributed by atoms with Crippen molar-refractivity contribution in [2.45, 2.75) is 13.8 Å². The number of hydrogen-bond donors (Lipinski definition) is 2. The highest BCUT2D eigenvalue weighted by atomic mass is 35.5. The van der Waals surface area contributed by atoms with Crippen LogP contribution in [0.2, 0.25) is 0 Å². The maximum atomic E-state index is 14.0. The number of fused-ring (bicyclic) bond motifs is 1. The molecule has 0 atom stereocenters. The molecule has 9 nitrogen and oxygen atoms in total. The number of carbonyl (C=O) groups is 2. The third-order valence-corrected chi connectivity index (χ3v) is 6.34. The van der Waals surface area contributed by atoms with Crippen LogP contribution >= 0.6 is 24.8 Å². The number of nitrogens with zero attached hydrogens (tertiary/aromatic N) is 3. The number of benzene rings is 2. The minimum absolute atomic E-state index is 0. The van der Waals surface area contributed by atoms with Gasteiger partial charge in [-0.3, -0.25) is 9.36 Å². The molecule has 39 heavy (non-hydrogen) atoms. The highest BCUT2D eigenvalue weighted by Gasteiger charge is 2.31. The Bertz CT molecular complexity index is 1450. The number of rotatable bonds is 7. The van der Waals surface area contributed by atoms with Crippen molar-refractivity contribution in [1.29, 1.82) is 0 Å². The van der Waals surface area contributed by atoms with Gasteiger partial charge in [-0.25, -0.2) is 9.78 Å². The van der Waals surface area contributed by atoms with Crippen LogP contribution in [0.4, 0.5) is 0 Å². The van der Waals surface area contributed by atoms with Crippen molar-refractivity contribution >= 4 is 47.7 Å². The largest absolute Gasteiger partial charge is 0.480 e. The minimum Gasteiger partial charge on any atom is -0.480 e. The van der Waals surface area contributed by atoms with Gasteiger partial charge in [-0.2, -0.15) is 0 Å². The number of carbonyl (C=O) groups excluding carboxylic acids is 1. The number of piperazine rings is 1. The lowest BCUT2D eigenvalue weighted by Gasteiger charge is -2.27. The molecule has 1 saturated heterocycles. The number of carboxylic acids is 1. The van der Waals surface area contributed by atoms with E-state index in [-0.39, 0.29) is 36.5 Å². The summed E-state index contributed by atoms with van der Waals surface area (Å²) in [5.74, 6) is 0.0369. The van der Waals surface area contributed by atoms with Crippen molar-refractivity contribution in [1.82, 2.24) is 19.8 Å². The van der Waals surface area contributed by atoms with E-state index in [0.29, 0.717) is 54.4 Å². The summed E-state index contributed by atoms with van der Waals surface area (Å²) in [6.45, 7) is 5.97. The van der Waals surface area contributed by atoms with Crippen LogP contribution in [-0.2, 0) is 4.79 Å². The first-order valence-electron chi connectivity index (χ1n) is 12.1. The highest BCUT2D eigenvalue weighted by molar-refractivity contribution is 6.09. The van der Waals surface area contributed by atoms with Crippen molar-refractivity contribution in [3.05, 3.63) is 77.5 Å². The molecular weight excluding hydrogens is 543 g/mol. The summed E-state index contributed by atoms with van der Waals surface area (Å²) in [6.07, 6.45) is 1.44. The molecule has 3 heterocycles. The fourth-order valence-corrected chi connectivity index (χ4v) is 4.55. The zero-order valence-electron chi connectivity index (χ0n) is 21.5. The van der Waals surface area contributed by atoms with Gasteiger partial charge in [-0.1, -0.05) is 36.4 Å². The standard InChI is InChI=1S/C28H28N4O5.2ClH/c1-18-7-6-8-19(2)26(18)37-28-24(27(35)31-13-11-29-12-14-31)25-22(32(28)20-9-4-3-5-10-20)15-21(16-30-25)36-17-23(33)34;;/h3-10,15-16,29H,11-14,17H2,1-2H3,(H,33,34);2*1H. The summed E-state index contributed by atoms with van der Waals surface area (Å²) in [6, 6.07) is 17.1. The predicted octanol–water partition coefficient (Wildman–Crippen LogP) is 4.79. The van der Waals surface area contributed by atoms with E-state index in [4.69, 9.17) is 14.6 Å². The topological polar surface area (TPSA) is 106 Å². The zero-order chi connectivity index (χ0) is 25.9. The van der Waals surface area contributed by atoms with E-state index in [0.717, 1.165) is 16.8 Å². The van der Waals surface area contributed by atoms with Crippen molar-refractivity contribution in [2.24, 2.45) is 0 Å². The monoisotopic (exact) mass is 572 g/mol. The second-order valence-electron chi connectivity index (χ2n) is 8.94. The van der Waals surface area contributed by atoms with Gasteiger partial charge in [-0.15, -0.1) is 24.8 Å². The van der Waals surface area contributed by atoms with Crippen molar-refractivity contribution in [3.8, 4) is 23.1 Å². The van der Waals surface area contributed by atoms with Crippen LogP contribution in [0.3, 0.4) is 0 Å². The van der Waals surface area contributed by atoms with E-state index in [2.05, 4.69) is 10.3 Å². The normalized spacial score (nSPS) is 12.8.